The van der Waals surface area contributed by atoms with Crippen LogP contribution in [0.2, 0.25) is 0 Å². The van der Waals surface area contributed by atoms with Crippen LogP contribution in [0.25, 0.3) is 0 Å². The van der Waals surface area contributed by atoms with Gasteiger partial charge < -0.3 is 9.88 Å². The molecule has 5 nitrogen and oxygen atoms in total. The largest absolute Gasteiger partial charge is 0.350 e. The molecule has 1 aromatic carbocycles. The zero-order valence-electron chi connectivity index (χ0n) is 13.6. The Bertz CT molecular complexity index is 793. The summed E-state index contributed by atoms with van der Waals surface area (Å²) in [4.78, 5) is 27.9. The number of carbonyl (C=O) groups is 1. The first-order valence-electron chi connectivity index (χ1n) is 8.07. The highest BCUT2D eigenvalue weighted by Gasteiger charge is 2.36. The van der Waals surface area contributed by atoms with Gasteiger partial charge in [0.15, 0.2) is 0 Å². The molecule has 6 heteroatoms. The minimum absolute atomic E-state index is 0.116. The molecule has 0 saturated heterocycles. The Labute approximate surface area is 139 Å². The average Bonchev–Trinajstić information content (AvgIpc) is 3.06. The molecule has 0 atom stereocenters. The Morgan fingerprint density at radius 1 is 1.29 bits per heavy atom. The molecule has 24 heavy (non-hydrogen) atoms. The number of hydrogen-bond donors (Lipinski definition) is 1. The van der Waals surface area contributed by atoms with Crippen molar-refractivity contribution in [1.82, 2.24) is 14.9 Å². The number of nitrogens with one attached hydrogen (secondary N) is 1. The first-order valence-corrected chi connectivity index (χ1v) is 8.07. The van der Waals surface area contributed by atoms with E-state index in [1.54, 1.807) is 19.2 Å². The van der Waals surface area contributed by atoms with Crippen molar-refractivity contribution in [1.29, 1.82) is 0 Å². The van der Waals surface area contributed by atoms with E-state index in [0.29, 0.717) is 6.54 Å². The van der Waals surface area contributed by atoms with Gasteiger partial charge in [-0.15, -0.1) is 0 Å². The van der Waals surface area contributed by atoms with Gasteiger partial charge in [0.05, 0.1) is 6.33 Å². The number of aromatic nitrogens is 2. The van der Waals surface area contributed by atoms with Gasteiger partial charge in [-0.1, -0.05) is 25.0 Å². The maximum atomic E-state index is 13.2. The topological polar surface area (TPSA) is 64.0 Å². The molecule has 126 valence electrons. The predicted octanol–water partition coefficient (Wildman–Crippen LogP) is 2.16. The van der Waals surface area contributed by atoms with Crippen molar-refractivity contribution >= 4 is 5.91 Å². The van der Waals surface area contributed by atoms with E-state index in [2.05, 4.69) is 10.3 Å². The van der Waals surface area contributed by atoms with Crippen molar-refractivity contribution in [3.05, 3.63) is 64.1 Å². The molecule has 2 aromatic rings. The van der Waals surface area contributed by atoms with Crippen LogP contribution in [0.5, 0.6) is 0 Å². The second-order valence-corrected chi connectivity index (χ2v) is 6.40. The van der Waals surface area contributed by atoms with Crippen LogP contribution in [0.4, 0.5) is 4.39 Å². The van der Waals surface area contributed by atoms with E-state index < -0.39 is 0 Å². The van der Waals surface area contributed by atoms with E-state index >= 15 is 0 Å². The lowest BCUT2D eigenvalue weighted by molar-refractivity contribution is 0.0937. The molecule has 0 bridgehead atoms. The molecule has 3 rings (SSSR count). The highest BCUT2D eigenvalue weighted by Crippen LogP contribution is 2.40. The molecule has 1 aliphatic carbocycles. The summed E-state index contributed by atoms with van der Waals surface area (Å²) in [6.45, 7) is 0.453. The zero-order valence-corrected chi connectivity index (χ0v) is 13.6. The van der Waals surface area contributed by atoms with Gasteiger partial charge in [0.1, 0.15) is 11.5 Å². The molecular formula is C18H20FN3O2. The third kappa shape index (κ3) is 3.22. The van der Waals surface area contributed by atoms with Gasteiger partial charge in [-0.25, -0.2) is 9.37 Å². The van der Waals surface area contributed by atoms with Crippen molar-refractivity contribution in [2.24, 2.45) is 7.05 Å². The van der Waals surface area contributed by atoms with Crippen LogP contribution in [0.1, 0.15) is 41.7 Å². The Kier molecular flexibility index (Phi) is 4.46. The normalized spacial score (nSPS) is 16.1. The maximum absolute atomic E-state index is 13.2. The standard InChI is InChI=1S/C18H20FN3O2/c1-22-12-21-15(10-16(22)23)17(24)20-11-18(8-2-3-9-18)13-4-6-14(19)7-5-13/h4-7,10,12H,2-3,8-9,11H2,1H3,(H,20,24). The monoisotopic (exact) mass is 329 g/mol. The van der Waals surface area contributed by atoms with Gasteiger partial charge >= 0.3 is 0 Å². The SMILES string of the molecule is Cn1cnc(C(=O)NCC2(c3ccc(F)cc3)CCCC2)cc1=O. The van der Waals surface area contributed by atoms with Crippen LogP contribution in [0.3, 0.4) is 0 Å². The van der Waals surface area contributed by atoms with Gasteiger partial charge in [-0.3, -0.25) is 9.59 Å². The molecule has 0 spiro atoms. The number of rotatable bonds is 4. The molecule has 1 aliphatic rings. The Morgan fingerprint density at radius 2 is 1.96 bits per heavy atom. The summed E-state index contributed by atoms with van der Waals surface area (Å²) in [5, 5.41) is 2.90. The van der Waals surface area contributed by atoms with Crippen LogP contribution in [0, 0.1) is 5.82 Å². The summed E-state index contributed by atoms with van der Waals surface area (Å²) in [6.07, 6.45) is 5.39. The number of hydrogen-bond acceptors (Lipinski definition) is 3. The molecule has 1 saturated carbocycles. The van der Waals surface area contributed by atoms with Crippen LogP contribution < -0.4 is 10.9 Å². The molecule has 0 radical (unpaired) electrons. The van der Waals surface area contributed by atoms with Crippen LogP contribution in [-0.4, -0.2) is 22.0 Å². The molecule has 0 unspecified atom stereocenters. The average molecular weight is 329 g/mol. The van der Waals surface area contributed by atoms with E-state index in [1.165, 1.54) is 29.1 Å². The first kappa shape index (κ1) is 16.4. The van der Waals surface area contributed by atoms with Gasteiger partial charge in [0.2, 0.25) is 0 Å². The fourth-order valence-electron chi connectivity index (χ4n) is 3.35. The van der Waals surface area contributed by atoms with Crippen molar-refractivity contribution < 1.29 is 9.18 Å². The van der Waals surface area contributed by atoms with E-state index in [-0.39, 0.29) is 28.4 Å². The Hall–Kier alpha value is -2.50. The highest BCUT2D eigenvalue weighted by atomic mass is 19.1. The second kappa shape index (κ2) is 6.55. The molecule has 0 aliphatic heterocycles. The number of carbonyl (C=O) groups excluding carboxylic acids is 1. The van der Waals surface area contributed by atoms with Crippen LogP contribution >= 0.6 is 0 Å². The minimum Gasteiger partial charge on any atom is -0.350 e. The quantitative estimate of drug-likeness (QED) is 0.935. The number of aryl methyl sites for hydroxylation is 1. The van der Waals surface area contributed by atoms with E-state index in [1.807, 2.05) is 0 Å². The summed E-state index contributed by atoms with van der Waals surface area (Å²) in [6, 6.07) is 7.74. The van der Waals surface area contributed by atoms with E-state index in [4.69, 9.17) is 0 Å². The molecular weight excluding hydrogens is 309 g/mol. The molecule has 1 heterocycles. The van der Waals surface area contributed by atoms with Crippen LogP contribution in [-0.2, 0) is 12.5 Å². The smallest absolute Gasteiger partial charge is 0.270 e. The number of halogens is 1. The summed E-state index contributed by atoms with van der Waals surface area (Å²) in [5.41, 5.74) is 0.705. The predicted molar refractivity (Wildman–Crippen MR) is 88.4 cm³/mol. The Morgan fingerprint density at radius 3 is 2.58 bits per heavy atom. The lowest BCUT2D eigenvalue weighted by atomic mass is 9.79. The third-order valence-corrected chi connectivity index (χ3v) is 4.82. The fourth-order valence-corrected chi connectivity index (χ4v) is 3.35. The summed E-state index contributed by atoms with van der Waals surface area (Å²) in [5.74, 6) is -0.624. The van der Waals surface area contributed by atoms with Crippen LogP contribution in [0.15, 0.2) is 41.5 Å². The summed E-state index contributed by atoms with van der Waals surface area (Å²) < 4.78 is 14.5. The molecule has 1 aromatic heterocycles. The van der Waals surface area contributed by atoms with Crippen molar-refractivity contribution in [2.75, 3.05) is 6.54 Å². The van der Waals surface area contributed by atoms with E-state index in [9.17, 15) is 14.0 Å². The minimum atomic E-state index is -0.360. The lowest BCUT2D eigenvalue weighted by Gasteiger charge is -2.30. The second-order valence-electron chi connectivity index (χ2n) is 6.40. The van der Waals surface area contributed by atoms with Crippen molar-refractivity contribution in [3.8, 4) is 0 Å². The molecule has 1 N–H and O–H groups in total. The van der Waals surface area contributed by atoms with Gasteiger partial charge in [-0.2, -0.15) is 0 Å². The van der Waals surface area contributed by atoms with Crippen molar-refractivity contribution in [2.45, 2.75) is 31.1 Å². The number of nitrogens with zero attached hydrogens (tertiary/aromatic N) is 2. The summed E-state index contributed by atoms with van der Waals surface area (Å²) >= 11 is 0. The van der Waals surface area contributed by atoms with Gasteiger partial charge in [-0.05, 0) is 30.5 Å². The highest BCUT2D eigenvalue weighted by molar-refractivity contribution is 5.92. The lowest BCUT2D eigenvalue weighted by Crippen LogP contribution is -2.39. The Balaban J connectivity index is 1.77. The first-order chi connectivity index (χ1) is 11.5. The van der Waals surface area contributed by atoms with Gasteiger partial charge in [0, 0.05) is 25.1 Å². The van der Waals surface area contributed by atoms with Crippen molar-refractivity contribution in [3.63, 3.8) is 0 Å². The van der Waals surface area contributed by atoms with Gasteiger partial charge in [0.25, 0.3) is 11.5 Å². The number of amides is 1. The zero-order chi connectivity index (χ0) is 17.2. The molecule has 1 fully saturated rings. The third-order valence-electron chi connectivity index (χ3n) is 4.82. The van der Waals surface area contributed by atoms with E-state index in [0.717, 1.165) is 31.2 Å². The summed E-state index contributed by atoms with van der Waals surface area (Å²) in [7, 11) is 1.58. The number of benzene rings is 1. The maximum Gasteiger partial charge on any atom is 0.270 e. The fraction of sp³-hybridized carbons (Fsp3) is 0.389. The molecule has 1 amide bonds.